The summed E-state index contributed by atoms with van der Waals surface area (Å²) in [5.74, 6) is 0.339. The molecule has 0 aliphatic carbocycles. The van der Waals surface area contributed by atoms with E-state index in [9.17, 15) is 0 Å². The predicted molar refractivity (Wildman–Crippen MR) is 57.9 cm³/mol. The summed E-state index contributed by atoms with van der Waals surface area (Å²) in [6, 6.07) is 3.21. The third-order valence-electron chi connectivity index (χ3n) is 1.95. The van der Waals surface area contributed by atoms with Crippen molar-refractivity contribution >= 4 is 5.84 Å². The summed E-state index contributed by atoms with van der Waals surface area (Å²) >= 11 is 0. The molecule has 2 rings (SSSR count). The highest BCUT2D eigenvalue weighted by atomic mass is 16.5. The van der Waals surface area contributed by atoms with Gasteiger partial charge in [-0.1, -0.05) is 5.16 Å². The van der Waals surface area contributed by atoms with Gasteiger partial charge in [-0.25, -0.2) is 0 Å². The maximum atomic E-state index is 8.62. The number of nitrogens with one attached hydrogen (secondary N) is 1. The van der Waals surface area contributed by atoms with Gasteiger partial charge in [0.05, 0.1) is 11.8 Å². The summed E-state index contributed by atoms with van der Waals surface area (Å²) in [4.78, 5) is 0. The second-order valence-electron chi connectivity index (χ2n) is 3.23. The SMILES string of the molecule is Cc1cc(Oc2nnccc2/C(N)=N/O)n[nH]1. The molecule has 0 saturated heterocycles. The fourth-order valence-electron chi connectivity index (χ4n) is 1.19. The summed E-state index contributed by atoms with van der Waals surface area (Å²) in [5.41, 5.74) is 6.66. The molecule has 88 valence electrons. The van der Waals surface area contributed by atoms with Gasteiger partial charge in [0.1, 0.15) is 0 Å². The number of hydrogen-bond acceptors (Lipinski definition) is 6. The van der Waals surface area contributed by atoms with Crippen molar-refractivity contribution < 1.29 is 9.94 Å². The zero-order valence-corrected chi connectivity index (χ0v) is 8.95. The molecule has 17 heavy (non-hydrogen) atoms. The van der Waals surface area contributed by atoms with E-state index in [2.05, 4.69) is 25.6 Å². The van der Waals surface area contributed by atoms with Crippen molar-refractivity contribution in [2.45, 2.75) is 6.92 Å². The molecule has 8 nitrogen and oxygen atoms in total. The number of nitrogens with zero attached hydrogens (tertiary/aromatic N) is 4. The van der Waals surface area contributed by atoms with Gasteiger partial charge in [-0.05, 0) is 13.0 Å². The van der Waals surface area contributed by atoms with Crippen LogP contribution in [0.15, 0.2) is 23.5 Å². The number of hydrogen-bond donors (Lipinski definition) is 3. The van der Waals surface area contributed by atoms with Crippen molar-refractivity contribution in [3.8, 4) is 11.8 Å². The Morgan fingerprint density at radius 2 is 2.41 bits per heavy atom. The molecule has 0 aliphatic rings. The van der Waals surface area contributed by atoms with Crippen LogP contribution in [0.2, 0.25) is 0 Å². The molecule has 2 aromatic rings. The van der Waals surface area contributed by atoms with E-state index in [-0.39, 0.29) is 11.7 Å². The first-order valence-electron chi connectivity index (χ1n) is 4.70. The summed E-state index contributed by atoms with van der Waals surface area (Å²) in [5, 5.41) is 25.5. The lowest BCUT2D eigenvalue weighted by molar-refractivity contribution is 0.318. The van der Waals surface area contributed by atoms with Crippen LogP contribution in [-0.4, -0.2) is 31.4 Å². The average molecular weight is 234 g/mol. The Labute approximate surface area is 96.1 Å². The molecule has 4 N–H and O–H groups in total. The van der Waals surface area contributed by atoms with Gasteiger partial charge >= 0.3 is 0 Å². The predicted octanol–water partition coefficient (Wildman–Crippen LogP) is 0.395. The van der Waals surface area contributed by atoms with Crippen molar-refractivity contribution in [3.05, 3.63) is 29.6 Å². The molecule has 2 heterocycles. The second kappa shape index (κ2) is 4.47. The highest BCUT2D eigenvalue weighted by molar-refractivity contribution is 5.98. The highest BCUT2D eigenvalue weighted by Crippen LogP contribution is 2.20. The molecule has 0 unspecified atom stereocenters. The number of rotatable bonds is 3. The second-order valence-corrected chi connectivity index (χ2v) is 3.23. The Morgan fingerprint density at radius 1 is 1.59 bits per heavy atom. The minimum Gasteiger partial charge on any atom is -0.417 e. The standard InChI is InChI=1S/C9H10N6O2/c1-5-4-7(13-12-5)17-9-6(8(10)15-16)2-3-11-14-9/h2-4,16H,1H3,(H2,10,15)(H,12,13). The Kier molecular flexibility index (Phi) is 2.86. The summed E-state index contributed by atoms with van der Waals surface area (Å²) in [7, 11) is 0. The number of aromatic amines is 1. The van der Waals surface area contributed by atoms with Crippen LogP contribution in [0, 0.1) is 6.92 Å². The quantitative estimate of drug-likeness (QED) is 0.305. The van der Waals surface area contributed by atoms with Gasteiger partial charge in [-0.3, -0.25) is 5.10 Å². The lowest BCUT2D eigenvalue weighted by Gasteiger charge is -2.04. The average Bonchev–Trinajstić information content (AvgIpc) is 2.74. The number of oxime groups is 1. The van der Waals surface area contributed by atoms with Gasteiger partial charge in [0.15, 0.2) is 5.84 Å². The van der Waals surface area contributed by atoms with Gasteiger partial charge < -0.3 is 15.7 Å². The van der Waals surface area contributed by atoms with Crippen LogP contribution in [0.1, 0.15) is 11.3 Å². The minimum absolute atomic E-state index is 0.109. The van der Waals surface area contributed by atoms with E-state index in [1.165, 1.54) is 12.3 Å². The van der Waals surface area contributed by atoms with Crippen molar-refractivity contribution in [3.63, 3.8) is 0 Å². The molecule has 2 aromatic heterocycles. The van der Waals surface area contributed by atoms with Gasteiger partial charge in [-0.15, -0.1) is 10.2 Å². The highest BCUT2D eigenvalue weighted by Gasteiger charge is 2.12. The molecule has 0 spiro atoms. The molecule has 8 heteroatoms. The zero-order valence-electron chi connectivity index (χ0n) is 8.95. The zero-order chi connectivity index (χ0) is 12.3. The molecular formula is C9H10N6O2. The van der Waals surface area contributed by atoms with E-state index < -0.39 is 0 Å². The topological polar surface area (TPSA) is 122 Å². The summed E-state index contributed by atoms with van der Waals surface area (Å²) < 4.78 is 5.37. The van der Waals surface area contributed by atoms with E-state index in [1.807, 2.05) is 6.92 Å². The Morgan fingerprint density at radius 3 is 3.06 bits per heavy atom. The fourth-order valence-corrected chi connectivity index (χ4v) is 1.19. The number of ether oxygens (including phenoxy) is 1. The Bertz CT molecular complexity index is 550. The molecule has 0 radical (unpaired) electrons. The number of aromatic nitrogens is 4. The van der Waals surface area contributed by atoms with E-state index in [4.69, 9.17) is 15.7 Å². The van der Waals surface area contributed by atoms with Crippen LogP contribution in [0.5, 0.6) is 11.8 Å². The third-order valence-corrected chi connectivity index (χ3v) is 1.95. The van der Waals surface area contributed by atoms with Crippen LogP contribution in [-0.2, 0) is 0 Å². The molecule has 0 amide bonds. The number of amidine groups is 1. The van der Waals surface area contributed by atoms with Crippen molar-refractivity contribution in [1.29, 1.82) is 0 Å². The van der Waals surface area contributed by atoms with Crippen LogP contribution in [0.3, 0.4) is 0 Å². The van der Waals surface area contributed by atoms with E-state index in [1.54, 1.807) is 6.07 Å². The maximum absolute atomic E-state index is 8.62. The lowest BCUT2D eigenvalue weighted by Crippen LogP contribution is -2.15. The van der Waals surface area contributed by atoms with Crippen molar-refractivity contribution in [1.82, 2.24) is 20.4 Å². The molecule has 0 bridgehead atoms. The first-order chi connectivity index (χ1) is 8.20. The van der Waals surface area contributed by atoms with Crippen LogP contribution >= 0.6 is 0 Å². The summed E-state index contributed by atoms with van der Waals surface area (Å²) in [6.45, 7) is 1.83. The molecule has 0 fully saturated rings. The van der Waals surface area contributed by atoms with Crippen LogP contribution in [0.25, 0.3) is 0 Å². The van der Waals surface area contributed by atoms with E-state index in [0.29, 0.717) is 11.4 Å². The largest absolute Gasteiger partial charge is 0.417 e. The number of aryl methyl sites for hydroxylation is 1. The third kappa shape index (κ3) is 2.30. The van der Waals surface area contributed by atoms with Gasteiger partial charge in [-0.2, -0.15) is 5.10 Å². The van der Waals surface area contributed by atoms with Gasteiger partial charge in [0, 0.05) is 11.8 Å². The smallest absolute Gasteiger partial charge is 0.251 e. The molecule has 0 aliphatic heterocycles. The lowest BCUT2D eigenvalue weighted by atomic mass is 10.3. The van der Waals surface area contributed by atoms with Crippen molar-refractivity contribution in [2.24, 2.45) is 10.9 Å². The molecule has 0 atom stereocenters. The molecule has 0 aromatic carbocycles. The van der Waals surface area contributed by atoms with Gasteiger partial charge in [0.2, 0.25) is 5.88 Å². The first-order valence-corrected chi connectivity index (χ1v) is 4.70. The number of nitrogens with two attached hydrogens (primary N) is 1. The first kappa shape index (κ1) is 10.9. The Balaban J connectivity index is 2.32. The van der Waals surface area contributed by atoms with Crippen molar-refractivity contribution in [2.75, 3.05) is 0 Å². The molecule has 0 saturated carbocycles. The van der Waals surface area contributed by atoms with E-state index in [0.717, 1.165) is 5.69 Å². The maximum Gasteiger partial charge on any atom is 0.251 e. The van der Waals surface area contributed by atoms with E-state index >= 15 is 0 Å². The summed E-state index contributed by atoms with van der Waals surface area (Å²) in [6.07, 6.45) is 1.41. The Hall–Kier alpha value is -2.64. The van der Waals surface area contributed by atoms with Gasteiger partial charge in [0.25, 0.3) is 5.88 Å². The van der Waals surface area contributed by atoms with Crippen LogP contribution in [0.4, 0.5) is 0 Å². The minimum atomic E-state index is -0.109. The monoisotopic (exact) mass is 234 g/mol. The normalized spacial score (nSPS) is 11.5. The molecular weight excluding hydrogens is 224 g/mol. The number of H-pyrrole nitrogens is 1. The fraction of sp³-hybridized carbons (Fsp3) is 0.111. The van der Waals surface area contributed by atoms with Crippen LogP contribution < -0.4 is 10.5 Å².